The van der Waals surface area contributed by atoms with E-state index < -0.39 is 22.3 Å². The Labute approximate surface area is 114 Å². The molecule has 2 N–H and O–H groups in total. The minimum atomic E-state index is -3.62. The van der Waals surface area contributed by atoms with E-state index in [2.05, 4.69) is 9.46 Å². The molecule has 19 heavy (non-hydrogen) atoms. The number of rotatable bonds is 6. The third kappa shape index (κ3) is 5.43. The number of aliphatic hydroxyl groups is 1. The molecule has 0 amide bonds. The zero-order valence-corrected chi connectivity index (χ0v) is 12.1. The minimum absolute atomic E-state index is 0.0151. The molecule has 1 fully saturated rings. The Morgan fingerprint density at radius 2 is 2.16 bits per heavy atom. The topological polar surface area (TPSA) is 95.9 Å². The van der Waals surface area contributed by atoms with Crippen LogP contribution in [0.2, 0.25) is 0 Å². The van der Waals surface area contributed by atoms with Crippen molar-refractivity contribution in [1.29, 1.82) is 0 Å². The molecule has 1 aliphatic rings. The molecule has 7 nitrogen and oxygen atoms in total. The monoisotopic (exact) mass is 294 g/mol. The number of ether oxygens (including phenoxy) is 1. The third-order valence-electron chi connectivity index (χ3n) is 3.23. The average Bonchev–Trinajstić information content (AvgIpc) is 2.34. The quantitative estimate of drug-likeness (QED) is 0.651. The number of methoxy groups -OCH3 is 1. The molecule has 1 saturated carbocycles. The maximum atomic E-state index is 12.0. The predicted octanol–water partition coefficient (Wildman–Crippen LogP) is -0.381. The summed E-state index contributed by atoms with van der Waals surface area (Å²) in [6, 6.07) is -0.241. The van der Waals surface area contributed by atoms with Gasteiger partial charge in [-0.15, -0.1) is 0 Å². The van der Waals surface area contributed by atoms with Gasteiger partial charge in [0, 0.05) is 19.6 Å². The third-order valence-corrected chi connectivity index (χ3v) is 4.87. The van der Waals surface area contributed by atoms with Gasteiger partial charge in [0.25, 0.3) is 10.2 Å². The van der Waals surface area contributed by atoms with E-state index >= 15 is 0 Å². The summed E-state index contributed by atoms with van der Waals surface area (Å²) < 4.78 is 32.1. The van der Waals surface area contributed by atoms with E-state index in [4.69, 9.17) is 0 Å². The highest BCUT2D eigenvalue weighted by molar-refractivity contribution is 7.87. The number of hydrogen-bond acceptors (Lipinski definition) is 5. The van der Waals surface area contributed by atoms with Crippen molar-refractivity contribution in [2.75, 3.05) is 20.7 Å². The molecule has 0 aromatic rings. The van der Waals surface area contributed by atoms with Gasteiger partial charge in [-0.3, -0.25) is 4.79 Å². The van der Waals surface area contributed by atoms with Gasteiger partial charge in [-0.1, -0.05) is 0 Å². The number of nitrogens with one attached hydrogen (secondary N) is 1. The van der Waals surface area contributed by atoms with E-state index in [-0.39, 0.29) is 19.0 Å². The summed E-state index contributed by atoms with van der Waals surface area (Å²) in [6.45, 7) is 0.0667. The highest BCUT2D eigenvalue weighted by Gasteiger charge is 2.26. The summed E-state index contributed by atoms with van der Waals surface area (Å²) in [5.74, 6) is -0.449. The van der Waals surface area contributed by atoms with Crippen LogP contribution in [0, 0.1) is 0 Å². The lowest BCUT2D eigenvalue weighted by Crippen LogP contribution is -2.46. The van der Waals surface area contributed by atoms with E-state index in [1.807, 2.05) is 0 Å². The van der Waals surface area contributed by atoms with Crippen LogP contribution in [0.1, 0.15) is 32.1 Å². The van der Waals surface area contributed by atoms with E-state index in [0.717, 1.165) is 23.6 Å². The molecule has 0 spiro atoms. The van der Waals surface area contributed by atoms with Crippen LogP contribution in [0.25, 0.3) is 0 Å². The lowest BCUT2D eigenvalue weighted by Gasteiger charge is -2.28. The molecule has 1 rings (SSSR count). The van der Waals surface area contributed by atoms with Gasteiger partial charge >= 0.3 is 5.97 Å². The molecule has 0 radical (unpaired) electrons. The van der Waals surface area contributed by atoms with Crippen molar-refractivity contribution in [3.05, 3.63) is 0 Å². The Kier molecular flexibility index (Phi) is 6.18. The highest BCUT2D eigenvalue weighted by atomic mass is 32.2. The molecule has 0 aliphatic heterocycles. The van der Waals surface area contributed by atoms with E-state index in [0.29, 0.717) is 6.42 Å². The van der Waals surface area contributed by atoms with E-state index in [1.165, 1.54) is 14.2 Å². The number of carbonyl (C=O) groups excluding carboxylic acids is 1. The summed E-state index contributed by atoms with van der Waals surface area (Å²) in [6.07, 6.45) is 2.25. The summed E-state index contributed by atoms with van der Waals surface area (Å²) in [7, 11) is -0.953. The normalized spacial score (nSPS) is 24.4. The van der Waals surface area contributed by atoms with E-state index in [1.54, 1.807) is 0 Å². The summed E-state index contributed by atoms with van der Waals surface area (Å²) in [4.78, 5) is 11.0. The highest BCUT2D eigenvalue weighted by Crippen LogP contribution is 2.19. The summed E-state index contributed by atoms with van der Waals surface area (Å²) in [5, 5.41) is 9.51. The summed E-state index contributed by atoms with van der Waals surface area (Å²) >= 11 is 0. The number of carbonyl (C=O) groups is 1. The molecule has 1 aliphatic carbocycles. The molecule has 0 aromatic carbocycles. The molecular formula is C11H22N2O5S. The van der Waals surface area contributed by atoms with Crippen LogP contribution in [0.4, 0.5) is 0 Å². The first-order valence-corrected chi connectivity index (χ1v) is 7.77. The molecule has 2 atom stereocenters. The molecule has 0 bridgehead atoms. The fraction of sp³-hybridized carbons (Fsp3) is 0.909. The lowest BCUT2D eigenvalue weighted by molar-refractivity contribution is -0.140. The van der Waals surface area contributed by atoms with Gasteiger partial charge in [0.1, 0.15) is 0 Å². The van der Waals surface area contributed by atoms with Crippen LogP contribution in [0.3, 0.4) is 0 Å². The SMILES string of the molecule is COC(=O)CCN(C)S(=O)(=O)NC1CCCC(O)C1. The largest absolute Gasteiger partial charge is 0.469 e. The van der Waals surface area contributed by atoms with E-state index in [9.17, 15) is 18.3 Å². The first-order valence-electron chi connectivity index (χ1n) is 6.33. The van der Waals surface area contributed by atoms with Gasteiger partial charge in [0.2, 0.25) is 0 Å². The fourth-order valence-corrected chi connectivity index (χ4v) is 3.19. The first kappa shape index (κ1) is 16.4. The Balaban J connectivity index is 2.47. The average molecular weight is 294 g/mol. The van der Waals surface area contributed by atoms with Crippen molar-refractivity contribution in [1.82, 2.24) is 9.03 Å². The Morgan fingerprint density at radius 1 is 1.47 bits per heavy atom. The van der Waals surface area contributed by atoms with Gasteiger partial charge in [0.05, 0.1) is 19.6 Å². The Morgan fingerprint density at radius 3 is 2.74 bits per heavy atom. The lowest BCUT2D eigenvalue weighted by atomic mass is 9.94. The molecule has 8 heteroatoms. The van der Waals surface area contributed by atoms with Gasteiger partial charge < -0.3 is 9.84 Å². The first-order chi connectivity index (χ1) is 8.85. The number of aliphatic hydroxyl groups excluding tert-OH is 1. The number of esters is 1. The molecule has 112 valence electrons. The Bertz CT molecular complexity index is 398. The van der Waals surface area contributed by atoms with Crippen LogP contribution >= 0.6 is 0 Å². The van der Waals surface area contributed by atoms with Gasteiger partial charge in [-0.25, -0.2) is 0 Å². The van der Waals surface area contributed by atoms with Gasteiger partial charge in [-0.2, -0.15) is 17.4 Å². The second kappa shape index (κ2) is 7.18. The van der Waals surface area contributed by atoms with Crippen LogP contribution in [0.15, 0.2) is 0 Å². The van der Waals surface area contributed by atoms with Crippen LogP contribution < -0.4 is 4.72 Å². The molecule has 0 aromatic heterocycles. The maximum Gasteiger partial charge on any atom is 0.306 e. The molecule has 2 unspecified atom stereocenters. The number of hydrogen-bond donors (Lipinski definition) is 2. The smallest absolute Gasteiger partial charge is 0.306 e. The van der Waals surface area contributed by atoms with Crippen molar-refractivity contribution >= 4 is 16.2 Å². The zero-order valence-electron chi connectivity index (χ0n) is 11.3. The Hall–Kier alpha value is -0.700. The van der Waals surface area contributed by atoms with Crippen LogP contribution in [-0.4, -0.2) is 56.6 Å². The van der Waals surface area contributed by atoms with Crippen molar-refractivity contribution < 1.29 is 23.1 Å². The molecule has 0 saturated heterocycles. The predicted molar refractivity (Wildman–Crippen MR) is 69.6 cm³/mol. The van der Waals surface area contributed by atoms with Crippen molar-refractivity contribution in [3.8, 4) is 0 Å². The second-order valence-corrected chi connectivity index (χ2v) is 6.60. The standard InChI is InChI=1S/C11H22N2O5S/c1-13(7-6-11(15)18-2)19(16,17)12-9-4-3-5-10(14)8-9/h9-10,12,14H,3-8H2,1-2H3. The fourth-order valence-electron chi connectivity index (χ4n) is 2.04. The molecule has 0 heterocycles. The van der Waals surface area contributed by atoms with Gasteiger partial charge in [0.15, 0.2) is 0 Å². The van der Waals surface area contributed by atoms with Crippen molar-refractivity contribution in [2.45, 2.75) is 44.2 Å². The van der Waals surface area contributed by atoms with Crippen LogP contribution in [0.5, 0.6) is 0 Å². The van der Waals surface area contributed by atoms with Crippen molar-refractivity contribution in [2.24, 2.45) is 0 Å². The minimum Gasteiger partial charge on any atom is -0.469 e. The number of nitrogens with zero attached hydrogens (tertiary/aromatic N) is 1. The van der Waals surface area contributed by atoms with Gasteiger partial charge in [-0.05, 0) is 25.7 Å². The van der Waals surface area contributed by atoms with Crippen molar-refractivity contribution in [3.63, 3.8) is 0 Å². The second-order valence-electron chi connectivity index (χ2n) is 4.79. The van der Waals surface area contributed by atoms with Crippen LogP contribution in [-0.2, 0) is 19.7 Å². The molecular weight excluding hydrogens is 272 g/mol. The zero-order chi connectivity index (χ0) is 14.5. The maximum absolute atomic E-state index is 12.0. The summed E-state index contributed by atoms with van der Waals surface area (Å²) in [5.41, 5.74) is 0.